The van der Waals surface area contributed by atoms with E-state index in [2.05, 4.69) is 4.98 Å². The number of nitrogens with two attached hydrogens (primary N) is 1. The summed E-state index contributed by atoms with van der Waals surface area (Å²) < 4.78 is 13.4. The summed E-state index contributed by atoms with van der Waals surface area (Å²) in [6.45, 7) is 0.415. The molecule has 2 aromatic rings. The standard InChI is InChI=1S/C13H11FN2O/c14-12-8-16-6-5-11(12)13(17)10-3-1-9(7-15)2-4-10/h1-6,8H,7,15H2. The van der Waals surface area contributed by atoms with E-state index in [1.165, 1.54) is 12.3 Å². The molecule has 1 aromatic heterocycles. The highest BCUT2D eigenvalue weighted by Crippen LogP contribution is 2.13. The van der Waals surface area contributed by atoms with Gasteiger partial charge < -0.3 is 5.73 Å². The predicted octanol–water partition coefficient (Wildman–Crippen LogP) is 1.91. The molecule has 0 amide bonds. The summed E-state index contributed by atoms with van der Waals surface area (Å²) in [5, 5.41) is 0. The summed E-state index contributed by atoms with van der Waals surface area (Å²) >= 11 is 0. The maximum atomic E-state index is 13.4. The molecule has 1 heterocycles. The van der Waals surface area contributed by atoms with Crippen LogP contribution in [0.3, 0.4) is 0 Å². The Balaban J connectivity index is 2.34. The molecule has 0 saturated heterocycles. The molecule has 0 spiro atoms. The minimum Gasteiger partial charge on any atom is -0.326 e. The molecule has 3 nitrogen and oxygen atoms in total. The van der Waals surface area contributed by atoms with Crippen LogP contribution in [0.15, 0.2) is 42.7 Å². The van der Waals surface area contributed by atoms with Gasteiger partial charge in [0.2, 0.25) is 0 Å². The third-order valence-corrected chi connectivity index (χ3v) is 2.47. The smallest absolute Gasteiger partial charge is 0.196 e. The Morgan fingerprint density at radius 3 is 2.53 bits per heavy atom. The summed E-state index contributed by atoms with van der Waals surface area (Å²) in [5.41, 5.74) is 6.85. The van der Waals surface area contributed by atoms with Crippen molar-refractivity contribution >= 4 is 5.78 Å². The van der Waals surface area contributed by atoms with E-state index in [4.69, 9.17) is 5.73 Å². The SMILES string of the molecule is NCc1ccc(C(=O)c2ccncc2F)cc1. The Morgan fingerprint density at radius 1 is 1.24 bits per heavy atom. The summed E-state index contributed by atoms with van der Waals surface area (Å²) in [6.07, 6.45) is 2.42. The molecule has 1 aromatic carbocycles. The highest BCUT2D eigenvalue weighted by atomic mass is 19.1. The second-order valence-corrected chi connectivity index (χ2v) is 3.59. The van der Waals surface area contributed by atoms with Crippen LogP contribution < -0.4 is 5.73 Å². The van der Waals surface area contributed by atoms with Gasteiger partial charge in [-0.1, -0.05) is 24.3 Å². The largest absolute Gasteiger partial charge is 0.326 e. The lowest BCUT2D eigenvalue weighted by Crippen LogP contribution is -2.05. The van der Waals surface area contributed by atoms with Gasteiger partial charge in [0.05, 0.1) is 11.8 Å². The number of rotatable bonds is 3. The fourth-order valence-electron chi connectivity index (χ4n) is 1.51. The molecule has 0 unspecified atom stereocenters. The molecule has 0 atom stereocenters. The third kappa shape index (κ3) is 2.37. The molecule has 2 N–H and O–H groups in total. The Kier molecular flexibility index (Phi) is 3.25. The maximum Gasteiger partial charge on any atom is 0.196 e. The lowest BCUT2D eigenvalue weighted by atomic mass is 10.0. The number of aromatic nitrogens is 1. The van der Waals surface area contributed by atoms with Crippen LogP contribution in [0, 0.1) is 5.82 Å². The number of carbonyl (C=O) groups is 1. The molecule has 86 valence electrons. The van der Waals surface area contributed by atoms with E-state index in [1.807, 2.05) is 0 Å². The molecule has 17 heavy (non-hydrogen) atoms. The molecular formula is C13H11FN2O. The van der Waals surface area contributed by atoms with Crippen molar-refractivity contribution in [3.63, 3.8) is 0 Å². The van der Waals surface area contributed by atoms with E-state index in [-0.39, 0.29) is 11.3 Å². The van der Waals surface area contributed by atoms with E-state index in [0.717, 1.165) is 11.8 Å². The summed E-state index contributed by atoms with van der Waals surface area (Å²) in [6, 6.07) is 8.17. The average Bonchev–Trinajstić information content (AvgIpc) is 2.39. The first-order valence-electron chi connectivity index (χ1n) is 5.15. The number of carbonyl (C=O) groups excluding carboxylic acids is 1. The number of pyridine rings is 1. The number of benzene rings is 1. The Labute approximate surface area is 98.1 Å². The van der Waals surface area contributed by atoms with Gasteiger partial charge in [0.1, 0.15) is 0 Å². The normalized spacial score (nSPS) is 10.2. The van der Waals surface area contributed by atoms with Crippen molar-refractivity contribution in [2.45, 2.75) is 6.54 Å². The van der Waals surface area contributed by atoms with E-state index < -0.39 is 5.82 Å². The molecule has 4 heteroatoms. The van der Waals surface area contributed by atoms with Gasteiger partial charge in [-0.25, -0.2) is 4.39 Å². The van der Waals surface area contributed by atoms with Crippen molar-refractivity contribution in [1.82, 2.24) is 4.98 Å². The first kappa shape index (κ1) is 11.4. The van der Waals surface area contributed by atoms with Crippen molar-refractivity contribution in [3.8, 4) is 0 Å². The fraction of sp³-hybridized carbons (Fsp3) is 0.0769. The highest BCUT2D eigenvalue weighted by molar-refractivity contribution is 6.09. The lowest BCUT2D eigenvalue weighted by molar-refractivity contribution is 0.103. The van der Waals surface area contributed by atoms with Crippen molar-refractivity contribution in [2.24, 2.45) is 5.73 Å². The van der Waals surface area contributed by atoms with E-state index in [0.29, 0.717) is 12.1 Å². The van der Waals surface area contributed by atoms with Crippen LogP contribution in [0.4, 0.5) is 4.39 Å². The van der Waals surface area contributed by atoms with E-state index in [1.54, 1.807) is 24.3 Å². The van der Waals surface area contributed by atoms with Gasteiger partial charge in [-0.05, 0) is 11.6 Å². The van der Waals surface area contributed by atoms with Crippen LogP contribution in [0.1, 0.15) is 21.5 Å². The predicted molar refractivity (Wildman–Crippen MR) is 62.0 cm³/mol. The summed E-state index contributed by atoms with van der Waals surface area (Å²) in [5.74, 6) is -0.964. The molecule has 0 bridgehead atoms. The Morgan fingerprint density at radius 2 is 1.94 bits per heavy atom. The van der Waals surface area contributed by atoms with E-state index >= 15 is 0 Å². The maximum absolute atomic E-state index is 13.4. The zero-order valence-electron chi connectivity index (χ0n) is 9.06. The Hall–Kier alpha value is -2.07. The van der Waals surface area contributed by atoms with Crippen LogP contribution in [0.2, 0.25) is 0 Å². The second-order valence-electron chi connectivity index (χ2n) is 3.59. The molecule has 0 saturated carbocycles. The third-order valence-electron chi connectivity index (χ3n) is 2.47. The van der Waals surface area contributed by atoms with Crippen molar-refractivity contribution in [3.05, 3.63) is 65.2 Å². The van der Waals surface area contributed by atoms with Crippen LogP contribution >= 0.6 is 0 Å². The van der Waals surface area contributed by atoms with Crippen molar-refractivity contribution < 1.29 is 9.18 Å². The van der Waals surface area contributed by atoms with Crippen molar-refractivity contribution in [1.29, 1.82) is 0 Å². The topological polar surface area (TPSA) is 56.0 Å². The van der Waals surface area contributed by atoms with Crippen LogP contribution in [-0.4, -0.2) is 10.8 Å². The van der Waals surface area contributed by atoms with Gasteiger partial charge in [-0.3, -0.25) is 9.78 Å². The molecular weight excluding hydrogens is 219 g/mol. The zero-order chi connectivity index (χ0) is 12.3. The van der Waals surface area contributed by atoms with Gasteiger partial charge in [-0.15, -0.1) is 0 Å². The van der Waals surface area contributed by atoms with Crippen LogP contribution in [0.25, 0.3) is 0 Å². The number of ketones is 1. The van der Waals surface area contributed by atoms with Gasteiger partial charge in [-0.2, -0.15) is 0 Å². The van der Waals surface area contributed by atoms with Crippen LogP contribution in [-0.2, 0) is 6.54 Å². The summed E-state index contributed by atoms with van der Waals surface area (Å²) in [4.78, 5) is 15.6. The second kappa shape index (κ2) is 4.84. The molecule has 0 aliphatic rings. The molecule has 2 rings (SSSR count). The Bertz CT molecular complexity index is 537. The fourth-order valence-corrected chi connectivity index (χ4v) is 1.51. The van der Waals surface area contributed by atoms with E-state index in [9.17, 15) is 9.18 Å². The molecule has 0 aliphatic carbocycles. The minimum atomic E-state index is -0.611. The van der Waals surface area contributed by atoms with Gasteiger partial charge in [0.15, 0.2) is 11.6 Å². The summed E-state index contributed by atoms with van der Waals surface area (Å²) in [7, 11) is 0. The average molecular weight is 230 g/mol. The minimum absolute atomic E-state index is 0.0282. The van der Waals surface area contributed by atoms with Crippen molar-refractivity contribution in [2.75, 3.05) is 0 Å². The van der Waals surface area contributed by atoms with Gasteiger partial charge in [0, 0.05) is 18.3 Å². The number of hydrogen-bond donors (Lipinski definition) is 1. The zero-order valence-corrected chi connectivity index (χ0v) is 9.06. The first-order chi connectivity index (χ1) is 8.22. The van der Waals surface area contributed by atoms with Crippen LogP contribution in [0.5, 0.6) is 0 Å². The first-order valence-corrected chi connectivity index (χ1v) is 5.15. The number of hydrogen-bond acceptors (Lipinski definition) is 3. The quantitative estimate of drug-likeness (QED) is 0.819. The monoisotopic (exact) mass is 230 g/mol. The molecule has 0 fully saturated rings. The molecule has 0 radical (unpaired) electrons. The van der Waals surface area contributed by atoms with Gasteiger partial charge in [0.25, 0.3) is 0 Å². The van der Waals surface area contributed by atoms with Gasteiger partial charge >= 0.3 is 0 Å². The lowest BCUT2D eigenvalue weighted by Gasteiger charge is -2.03. The number of halogens is 1. The highest BCUT2D eigenvalue weighted by Gasteiger charge is 2.13. The number of nitrogens with zero attached hydrogens (tertiary/aromatic N) is 1. The molecule has 0 aliphatic heterocycles.